The molecule has 4 rings (SSSR count). The average Bonchev–Trinajstić information content (AvgIpc) is 3.11. The summed E-state index contributed by atoms with van der Waals surface area (Å²) in [5.41, 5.74) is 2.01. The van der Waals surface area contributed by atoms with E-state index < -0.39 is 15.9 Å². The summed E-state index contributed by atoms with van der Waals surface area (Å²) in [6, 6.07) is 14.1. The first kappa shape index (κ1) is 22.7. The minimum absolute atomic E-state index is 0.0479. The van der Waals surface area contributed by atoms with Gasteiger partial charge in [0.05, 0.1) is 21.2 Å². The molecule has 2 aromatic carbocycles. The zero-order valence-electron chi connectivity index (χ0n) is 17.7. The Bertz CT molecular complexity index is 1220. The molecule has 32 heavy (non-hydrogen) atoms. The number of piperazine rings is 1. The molecule has 2 heterocycles. The molecule has 1 aliphatic rings. The third kappa shape index (κ3) is 4.66. The van der Waals surface area contributed by atoms with Crippen molar-refractivity contribution in [2.75, 3.05) is 36.4 Å². The Morgan fingerprint density at radius 2 is 1.75 bits per heavy atom. The molecule has 0 aliphatic carbocycles. The van der Waals surface area contributed by atoms with Gasteiger partial charge in [0.15, 0.2) is 5.13 Å². The number of carbonyl (C=O) groups excluding carboxylic acids is 1. The van der Waals surface area contributed by atoms with Crippen LogP contribution in [0.5, 0.6) is 0 Å². The summed E-state index contributed by atoms with van der Waals surface area (Å²) in [7, 11) is -3.76. The van der Waals surface area contributed by atoms with Crippen molar-refractivity contribution in [1.29, 1.82) is 0 Å². The summed E-state index contributed by atoms with van der Waals surface area (Å²) in [6.45, 7) is 5.68. The summed E-state index contributed by atoms with van der Waals surface area (Å²) in [4.78, 5) is 20.3. The van der Waals surface area contributed by atoms with E-state index in [0.29, 0.717) is 31.3 Å². The van der Waals surface area contributed by atoms with Gasteiger partial charge in [-0.1, -0.05) is 29.8 Å². The molecule has 1 amide bonds. The molecule has 0 saturated carbocycles. The lowest BCUT2D eigenvalue weighted by atomic mass is 10.2. The lowest BCUT2D eigenvalue weighted by molar-refractivity contribution is 0.102. The maximum atomic E-state index is 13.2. The summed E-state index contributed by atoms with van der Waals surface area (Å²) in [5.74, 6) is -0.491. The van der Waals surface area contributed by atoms with Gasteiger partial charge in [-0.25, -0.2) is 13.4 Å². The molecular weight excluding hydrogens is 468 g/mol. The highest BCUT2D eigenvalue weighted by Gasteiger charge is 2.29. The number of carbonyl (C=O) groups is 1. The highest BCUT2D eigenvalue weighted by atomic mass is 35.5. The van der Waals surface area contributed by atoms with Crippen molar-refractivity contribution < 1.29 is 13.2 Å². The van der Waals surface area contributed by atoms with E-state index in [0.717, 1.165) is 16.3 Å². The van der Waals surface area contributed by atoms with Gasteiger partial charge in [-0.3, -0.25) is 10.1 Å². The number of nitrogens with zero attached hydrogens (tertiary/aromatic N) is 3. The SMILES string of the molecule is Cc1nc(NC(=O)c2cc(S(=O)(=O)N3CCN(c4ccccc4)CC3)ccc2Cl)sc1C. The second-order valence-electron chi connectivity index (χ2n) is 7.48. The molecule has 0 atom stereocenters. The van der Waals surface area contributed by atoms with E-state index >= 15 is 0 Å². The highest BCUT2D eigenvalue weighted by Crippen LogP contribution is 2.27. The first-order chi connectivity index (χ1) is 15.3. The number of amides is 1. The zero-order chi connectivity index (χ0) is 22.9. The van der Waals surface area contributed by atoms with Crippen LogP contribution in [0.3, 0.4) is 0 Å². The molecular formula is C22H23ClN4O3S2. The molecule has 7 nitrogen and oxygen atoms in total. The van der Waals surface area contributed by atoms with Gasteiger partial charge in [-0.05, 0) is 44.2 Å². The molecule has 1 aromatic heterocycles. The molecule has 168 valence electrons. The van der Waals surface area contributed by atoms with Gasteiger partial charge >= 0.3 is 0 Å². The van der Waals surface area contributed by atoms with Crippen LogP contribution >= 0.6 is 22.9 Å². The third-order valence-corrected chi connectivity index (χ3v) is 8.64. The van der Waals surface area contributed by atoms with Gasteiger partial charge in [-0.2, -0.15) is 4.31 Å². The number of halogens is 1. The van der Waals surface area contributed by atoms with Gasteiger partial charge < -0.3 is 4.90 Å². The predicted molar refractivity (Wildman–Crippen MR) is 128 cm³/mol. The van der Waals surface area contributed by atoms with Crippen molar-refractivity contribution in [3.63, 3.8) is 0 Å². The van der Waals surface area contributed by atoms with Crippen molar-refractivity contribution in [3.05, 3.63) is 69.7 Å². The molecule has 1 fully saturated rings. The number of thiazole rings is 1. The van der Waals surface area contributed by atoms with E-state index in [4.69, 9.17) is 11.6 Å². The predicted octanol–water partition coefficient (Wildman–Crippen LogP) is 4.18. The fourth-order valence-corrected chi connectivity index (χ4v) is 5.97. The maximum absolute atomic E-state index is 13.2. The second kappa shape index (κ2) is 9.19. The Balaban J connectivity index is 1.51. The van der Waals surface area contributed by atoms with Crippen LogP contribution in [0, 0.1) is 13.8 Å². The van der Waals surface area contributed by atoms with Gasteiger partial charge in [0.25, 0.3) is 5.91 Å². The number of sulfonamides is 1. The summed E-state index contributed by atoms with van der Waals surface area (Å²) in [6.07, 6.45) is 0. The fourth-order valence-electron chi connectivity index (χ4n) is 3.50. The summed E-state index contributed by atoms with van der Waals surface area (Å²) >= 11 is 7.58. The number of nitrogens with one attached hydrogen (secondary N) is 1. The van der Waals surface area contributed by atoms with Gasteiger partial charge in [0, 0.05) is 36.7 Å². The van der Waals surface area contributed by atoms with Gasteiger partial charge in [-0.15, -0.1) is 11.3 Å². The number of anilines is 2. The van der Waals surface area contributed by atoms with Crippen LogP contribution in [0.15, 0.2) is 53.4 Å². The van der Waals surface area contributed by atoms with Crippen LogP contribution in [0.25, 0.3) is 0 Å². The van der Waals surface area contributed by atoms with Crippen LogP contribution in [-0.4, -0.2) is 49.8 Å². The minimum Gasteiger partial charge on any atom is -0.369 e. The van der Waals surface area contributed by atoms with Gasteiger partial charge in [0.2, 0.25) is 10.0 Å². The number of aryl methyl sites for hydroxylation is 2. The Kier molecular flexibility index (Phi) is 6.52. The fraction of sp³-hybridized carbons (Fsp3) is 0.273. The first-order valence-corrected chi connectivity index (χ1v) is 12.7. The highest BCUT2D eigenvalue weighted by molar-refractivity contribution is 7.89. The molecule has 1 saturated heterocycles. The number of benzene rings is 2. The van der Waals surface area contributed by atoms with E-state index in [1.807, 2.05) is 44.2 Å². The molecule has 0 bridgehead atoms. The number of para-hydroxylation sites is 1. The lowest BCUT2D eigenvalue weighted by Gasteiger charge is -2.35. The van der Waals surface area contributed by atoms with Crippen molar-refractivity contribution in [1.82, 2.24) is 9.29 Å². The number of aromatic nitrogens is 1. The van der Waals surface area contributed by atoms with Crippen LogP contribution in [-0.2, 0) is 10.0 Å². The van der Waals surface area contributed by atoms with E-state index in [9.17, 15) is 13.2 Å². The zero-order valence-corrected chi connectivity index (χ0v) is 20.1. The third-order valence-electron chi connectivity index (χ3n) is 5.43. The second-order valence-corrected chi connectivity index (χ2v) is 11.0. The number of hydrogen-bond acceptors (Lipinski definition) is 6. The lowest BCUT2D eigenvalue weighted by Crippen LogP contribution is -2.48. The summed E-state index contributed by atoms with van der Waals surface area (Å²) in [5, 5.41) is 3.34. The monoisotopic (exact) mass is 490 g/mol. The van der Waals surface area contributed by atoms with Crippen LogP contribution < -0.4 is 10.2 Å². The van der Waals surface area contributed by atoms with Crippen molar-refractivity contribution in [2.24, 2.45) is 0 Å². The molecule has 1 N–H and O–H groups in total. The molecule has 0 radical (unpaired) electrons. The average molecular weight is 491 g/mol. The molecule has 1 aliphatic heterocycles. The quantitative estimate of drug-likeness (QED) is 0.580. The summed E-state index contributed by atoms with van der Waals surface area (Å²) < 4.78 is 27.9. The van der Waals surface area contributed by atoms with Crippen LogP contribution in [0.1, 0.15) is 20.9 Å². The largest absolute Gasteiger partial charge is 0.369 e. The van der Waals surface area contributed by atoms with Crippen molar-refractivity contribution >= 4 is 49.7 Å². The number of hydrogen-bond donors (Lipinski definition) is 1. The first-order valence-electron chi connectivity index (χ1n) is 10.1. The topological polar surface area (TPSA) is 82.6 Å². The standard InChI is InChI=1S/C22H23ClN4O3S2/c1-15-16(2)31-22(24-15)25-21(28)19-14-18(8-9-20(19)23)32(29,30)27-12-10-26(11-13-27)17-6-4-3-5-7-17/h3-9,14H,10-13H2,1-2H3,(H,24,25,28). The molecule has 0 spiro atoms. The molecule has 10 heteroatoms. The Labute approximate surface area is 196 Å². The molecule has 3 aromatic rings. The minimum atomic E-state index is -3.76. The van der Waals surface area contributed by atoms with Crippen molar-refractivity contribution in [3.8, 4) is 0 Å². The van der Waals surface area contributed by atoms with E-state index in [-0.39, 0.29) is 15.5 Å². The van der Waals surface area contributed by atoms with Gasteiger partial charge in [0.1, 0.15) is 0 Å². The van der Waals surface area contributed by atoms with E-state index in [1.54, 1.807) is 0 Å². The van der Waals surface area contributed by atoms with Crippen LogP contribution in [0.2, 0.25) is 5.02 Å². The Morgan fingerprint density at radius 3 is 2.38 bits per heavy atom. The van der Waals surface area contributed by atoms with E-state index in [1.165, 1.54) is 33.8 Å². The van der Waals surface area contributed by atoms with E-state index in [2.05, 4.69) is 15.2 Å². The normalized spacial score (nSPS) is 15.0. The maximum Gasteiger partial charge on any atom is 0.259 e. The van der Waals surface area contributed by atoms with Crippen molar-refractivity contribution in [2.45, 2.75) is 18.7 Å². The Hall–Kier alpha value is -2.46. The Morgan fingerprint density at radius 1 is 1.06 bits per heavy atom. The smallest absolute Gasteiger partial charge is 0.259 e. The van der Waals surface area contributed by atoms with Crippen LogP contribution in [0.4, 0.5) is 10.8 Å². The number of rotatable bonds is 5. The molecule has 0 unspecified atom stereocenters.